The monoisotopic (exact) mass is 365 g/mol. The van der Waals surface area contributed by atoms with Crippen LogP contribution in [0.2, 0.25) is 0 Å². The Morgan fingerprint density at radius 2 is 2.00 bits per heavy atom. The van der Waals surface area contributed by atoms with Crippen molar-refractivity contribution in [1.29, 1.82) is 0 Å². The third kappa shape index (κ3) is 7.36. The summed E-state index contributed by atoms with van der Waals surface area (Å²) in [4.78, 5) is 26.8. The van der Waals surface area contributed by atoms with Crippen molar-refractivity contribution in [2.45, 2.75) is 71.8 Å². The number of rotatable bonds is 9. The van der Waals surface area contributed by atoms with Crippen molar-refractivity contribution in [1.82, 2.24) is 15.5 Å². The molecular weight excluding hydrogens is 326 g/mol. The van der Waals surface area contributed by atoms with Gasteiger partial charge in [0.2, 0.25) is 5.91 Å². The van der Waals surface area contributed by atoms with Crippen molar-refractivity contribution in [2.75, 3.05) is 32.7 Å². The second-order valence-corrected chi connectivity index (χ2v) is 8.72. The van der Waals surface area contributed by atoms with Gasteiger partial charge in [-0.15, -0.1) is 0 Å². The highest BCUT2D eigenvalue weighted by atomic mass is 16.2. The van der Waals surface area contributed by atoms with E-state index in [0.717, 1.165) is 58.4 Å². The minimum absolute atomic E-state index is 0.0874. The summed E-state index contributed by atoms with van der Waals surface area (Å²) in [5, 5.41) is 6.58. The first kappa shape index (κ1) is 21.4. The summed E-state index contributed by atoms with van der Waals surface area (Å²) in [6.45, 7) is 11.3. The standard InChI is InChI=1S/C21H39N3O2/c1-16(2)20(25)9-6-12-24-11-5-7-18(15-24)13-17(3)21(26)23-19-8-4-10-22-14-19/h16-19,22H,4-15H2,1-3H3,(H,23,26). The number of carbonyl (C=O) groups excluding carboxylic acids is 2. The summed E-state index contributed by atoms with van der Waals surface area (Å²) in [6.07, 6.45) is 7.33. The normalized spacial score (nSPS) is 25.8. The number of hydrogen-bond acceptors (Lipinski definition) is 4. The molecule has 1 amide bonds. The van der Waals surface area contributed by atoms with Gasteiger partial charge in [-0.25, -0.2) is 0 Å². The maximum atomic E-state index is 12.5. The summed E-state index contributed by atoms with van der Waals surface area (Å²) < 4.78 is 0. The fourth-order valence-corrected chi connectivity index (χ4v) is 4.24. The molecule has 0 saturated carbocycles. The number of nitrogens with one attached hydrogen (secondary N) is 2. The zero-order chi connectivity index (χ0) is 18.9. The van der Waals surface area contributed by atoms with Crippen LogP contribution < -0.4 is 10.6 Å². The second-order valence-electron chi connectivity index (χ2n) is 8.72. The molecule has 3 unspecified atom stereocenters. The molecule has 2 rings (SSSR count). The van der Waals surface area contributed by atoms with Crippen LogP contribution in [0.25, 0.3) is 0 Å². The van der Waals surface area contributed by atoms with Gasteiger partial charge in [0.05, 0.1) is 0 Å². The zero-order valence-electron chi connectivity index (χ0n) is 17.1. The Bertz CT molecular complexity index is 447. The molecule has 0 aromatic rings. The smallest absolute Gasteiger partial charge is 0.223 e. The SMILES string of the molecule is CC(C)C(=O)CCCN1CCCC(CC(C)C(=O)NC2CCCNC2)C1. The molecule has 2 aliphatic heterocycles. The number of likely N-dealkylation sites (tertiary alicyclic amines) is 1. The van der Waals surface area contributed by atoms with Crippen LogP contribution in [0.15, 0.2) is 0 Å². The van der Waals surface area contributed by atoms with Crippen LogP contribution in [0.3, 0.4) is 0 Å². The van der Waals surface area contributed by atoms with Crippen LogP contribution in [-0.2, 0) is 9.59 Å². The van der Waals surface area contributed by atoms with Gasteiger partial charge < -0.3 is 15.5 Å². The predicted molar refractivity (Wildman–Crippen MR) is 106 cm³/mol. The maximum absolute atomic E-state index is 12.5. The van der Waals surface area contributed by atoms with Gasteiger partial charge in [0.25, 0.3) is 0 Å². The highest BCUT2D eigenvalue weighted by molar-refractivity contribution is 5.80. The third-order valence-electron chi connectivity index (χ3n) is 5.92. The Morgan fingerprint density at radius 1 is 1.19 bits per heavy atom. The number of amides is 1. The first-order valence-corrected chi connectivity index (χ1v) is 10.7. The van der Waals surface area contributed by atoms with E-state index >= 15 is 0 Å². The summed E-state index contributed by atoms with van der Waals surface area (Å²) in [5.74, 6) is 1.45. The highest BCUT2D eigenvalue weighted by Crippen LogP contribution is 2.24. The highest BCUT2D eigenvalue weighted by Gasteiger charge is 2.25. The van der Waals surface area contributed by atoms with E-state index in [1.807, 2.05) is 13.8 Å². The van der Waals surface area contributed by atoms with E-state index in [4.69, 9.17) is 0 Å². The van der Waals surface area contributed by atoms with Gasteiger partial charge in [-0.3, -0.25) is 9.59 Å². The number of Topliss-reactive ketones (excluding diaryl/α,β-unsaturated/α-hetero) is 1. The average molecular weight is 366 g/mol. The fourth-order valence-electron chi connectivity index (χ4n) is 4.24. The molecule has 2 N–H and O–H groups in total. The van der Waals surface area contributed by atoms with Crippen molar-refractivity contribution < 1.29 is 9.59 Å². The first-order valence-electron chi connectivity index (χ1n) is 10.7. The Hall–Kier alpha value is -0.940. The molecule has 5 nitrogen and oxygen atoms in total. The number of ketones is 1. The van der Waals surface area contributed by atoms with E-state index in [2.05, 4.69) is 22.5 Å². The lowest BCUT2D eigenvalue weighted by Crippen LogP contribution is -2.47. The molecule has 5 heteroatoms. The molecule has 150 valence electrons. The molecule has 0 radical (unpaired) electrons. The lowest BCUT2D eigenvalue weighted by molar-refractivity contribution is -0.126. The molecule has 0 aromatic heterocycles. The average Bonchev–Trinajstić information content (AvgIpc) is 2.62. The van der Waals surface area contributed by atoms with E-state index < -0.39 is 0 Å². The second kappa shape index (κ2) is 11.0. The Labute approximate surface area is 159 Å². The minimum Gasteiger partial charge on any atom is -0.352 e. The van der Waals surface area contributed by atoms with Crippen LogP contribution in [0.5, 0.6) is 0 Å². The zero-order valence-corrected chi connectivity index (χ0v) is 17.1. The molecule has 0 aromatic carbocycles. The maximum Gasteiger partial charge on any atom is 0.223 e. The van der Waals surface area contributed by atoms with Crippen molar-refractivity contribution >= 4 is 11.7 Å². The van der Waals surface area contributed by atoms with Crippen molar-refractivity contribution in [2.24, 2.45) is 17.8 Å². The molecular formula is C21H39N3O2. The van der Waals surface area contributed by atoms with Gasteiger partial charge in [-0.1, -0.05) is 20.8 Å². The fraction of sp³-hybridized carbons (Fsp3) is 0.905. The van der Waals surface area contributed by atoms with Gasteiger partial charge in [-0.05, 0) is 64.1 Å². The minimum atomic E-state index is 0.0874. The molecule has 0 aliphatic carbocycles. The van der Waals surface area contributed by atoms with Crippen molar-refractivity contribution in [3.63, 3.8) is 0 Å². The molecule has 26 heavy (non-hydrogen) atoms. The molecule has 0 bridgehead atoms. The Morgan fingerprint density at radius 3 is 2.69 bits per heavy atom. The molecule has 2 heterocycles. The summed E-state index contributed by atoms with van der Waals surface area (Å²) in [7, 11) is 0. The number of carbonyl (C=O) groups is 2. The molecule has 2 aliphatic rings. The van der Waals surface area contributed by atoms with Crippen LogP contribution >= 0.6 is 0 Å². The lowest BCUT2D eigenvalue weighted by Gasteiger charge is -2.34. The van der Waals surface area contributed by atoms with Gasteiger partial charge >= 0.3 is 0 Å². The van der Waals surface area contributed by atoms with Gasteiger partial charge in [0.15, 0.2) is 0 Å². The molecule has 3 atom stereocenters. The van der Waals surface area contributed by atoms with Crippen LogP contribution in [0.1, 0.15) is 65.7 Å². The number of piperidine rings is 2. The van der Waals surface area contributed by atoms with Gasteiger partial charge in [0.1, 0.15) is 5.78 Å². The lowest BCUT2D eigenvalue weighted by atomic mass is 9.88. The summed E-state index contributed by atoms with van der Waals surface area (Å²) >= 11 is 0. The van der Waals surface area contributed by atoms with Crippen LogP contribution in [0.4, 0.5) is 0 Å². The van der Waals surface area contributed by atoms with E-state index in [1.54, 1.807) is 0 Å². The van der Waals surface area contributed by atoms with Crippen molar-refractivity contribution in [3.8, 4) is 0 Å². The summed E-state index contributed by atoms with van der Waals surface area (Å²) in [5.41, 5.74) is 0. The van der Waals surface area contributed by atoms with E-state index in [9.17, 15) is 9.59 Å². The Balaban J connectivity index is 1.67. The van der Waals surface area contributed by atoms with Gasteiger partial charge in [0, 0.05) is 37.4 Å². The Kier molecular flexibility index (Phi) is 9.06. The summed E-state index contributed by atoms with van der Waals surface area (Å²) in [6, 6.07) is 0.306. The quantitative estimate of drug-likeness (QED) is 0.659. The largest absolute Gasteiger partial charge is 0.352 e. The van der Waals surface area contributed by atoms with Crippen molar-refractivity contribution in [3.05, 3.63) is 0 Å². The van der Waals surface area contributed by atoms with Crippen LogP contribution in [0, 0.1) is 17.8 Å². The van der Waals surface area contributed by atoms with E-state index in [1.165, 1.54) is 12.8 Å². The number of nitrogens with zero attached hydrogens (tertiary/aromatic N) is 1. The van der Waals surface area contributed by atoms with E-state index in [0.29, 0.717) is 24.2 Å². The topological polar surface area (TPSA) is 61.4 Å². The first-order chi connectivity index (χ1) is 12.5. The molecule has 0 spiro atoms. The van der Waals surface area contributed by atoms with E-state index in [-0.39, 0.29) is 17.7 Å². The van der Waals surface area contributed by atoms with Crippen LogP contribution in [-0.4, -0.2) is 55.4 Å². The van der Waals surface area contributed by atoms with Gasteiger partial charge in [-0.2, -0.15) is 0 Å². The number of hydrogen-bond donors (Lipinski definition) is 2. The predicted octanol–water partition coefficient (Wildman–Crippen LogP) is 2.60. The third-order valence-corrected chi connectivity index (χ3v) is 5.92. The molecule has 2 saturated heterocycles. The molecule has 2 fully saturated rings.